The summed E-state index contributed by atoms with van der Waals surface area (Å²) in [7, 11) is 0. The Morgan fingerprint density at radius 1 is 1.38 bits per heavy atom. The normalized spacial score (nSPS) is 10.3. The van der Waals surface area contributed by atoms with Crippen LogP contribution in [0, 0.1) is 0 Å². The molecular formula is C12H16O3S. The molecule has 0 spiro atoms. The molecule has 0 bridgehead atoms. The molecule has 0 radical (unpaired) electrons. The van der Waals surface area contributed by atoms with Crippen molar-refractivity contribution in [3.8, 4) is 0 Å². The van der Waals surface area contributed by atoms with Gasteiger partial charge in [-0.1, -0.05) is 0 Å². The molecule has 0 aromatic heterocycles. The molecule has 1 rings (SSSR count). The molecule has 16 heavy (non-hydrogen) atoms. The predicted octanol–water partition coefficient (Wildman–Crippen LogP) is 2.90. The second-order valence-corrected chi connectivity index (χ2v) is 4.40. The van der Waals surface area contributed by atoms with E-state index in [1.807, 2.05) is 19.1 Å². The highest BCUT2D eigenvalue weighted by Crippen LogP contribution is 2.19. The Morgan fingerprint density at radius 3 is 2.62 bits per heavy atom. The van der Waals surface area contributed by atoms with Crippen molar-refractivity contribution < 1.29 is 14.6 Å². The third-order valence-corrected chi connectivity index (χ3v) is 3.11. The lowest BCUT2D eigenvalue weighted by Gasteiger charge is -2.02. The van der Waals surface area contributed by atoms with Crippen LogP contribution in [0.3, 0.4) is 0 Å². The first-order valence-electron chi connectivity index (χ1n) is 5.28. The van der Waals surface area contributed by atoms with Crippen LogP contribution in [-0.4, -0.2) is 30.0 Å². The fraction of sp³-hybridized carbons (Fsp3) is 0.417. The van der Waals surface area contributed by atoms with Gasteiger partial charge in [0.25, 0.3) is 0 Å². The standard InChI is InChI=1S/C12H16O3S/c1-2-15-8-3-9-16-11-6-4-10(5-7-11)12(13)14/h4-7H,2-3,8-9H2,1H3,(H,13,14). The summed E-state index contributed by atoms with van der Waals surface area (Å²) in [5.41, 5.74) is 0.332. The molecule has 0 aliphatic rings. The number of rotatable bonds is 7. The van der Waals surface area contributed by atoms with Gasteiger partial charge in [0, 0.05) is 23.9 Å². The summed E-state index contributed by atoms with van der Waals surface area (Å²) < 4.78 is 5.23. The Balaban J connectivity index is 2.29. The third kappa shape index (κ3) is 4.68. The lowest BCUT2D eigenvalue weighted by Crippen LogP contribution is -1.96. The Kier molecular flexibility index (Phi) is 5.96. The first-order chi connectivity index (χ1) is 7.74. The van der Waals surface area contributed by atoms with Crippen LogP contribution in [0.1, 0.15) is 23.7 Å². The highest BCUT2D eigenvalue weighted by molar-refractivity contribution is 7.99. The average Bonchev–Trinajstić information content (AvgIpc) is 2.29. The van der Waals surface area contributed by atoms with Gasteiger partial charge in [0.2, 0.25) is 0 Å². The molecule has 1 N–H and O–H groups in total. The number of hydrogen-bond acceptors (Lipinski definition) is 3. The van der Waals surface area contributed by atoms with Gasteiger partial charge in [-0.2, -0.15) is 0 Å². The SMILES string of the molecule is CCOCCCSc1ccc(C(=O)O)cc1. The van der Waals surface area contributed by atoms with Crippen LogP contribution in [0.2, 0.25) is 0 Å². The maximum atomic E-state index is 10.6. The topological polar surface area (TPSA) is 46.5 Å². The highest BCUT2D eigenvalue weighted by atomic mass is 32.2. The Hall–Kier alpha value is -1.00. The van der Waals surface area contributed by atoms with Crippen molar-refractivity contribution in [3.63, 3.8) is 0 Å². The molecule has 0 aliphatic carbocycles. The van der Waals surface area contributed by atoms with Crippen LogP contribution in [0.5, 0.6) is 0 Å². The van der Waals surface area contributed by atoms with E-state index in [9.17, 15) is 4.79 Å². The highest BCUT2D eigenvalue weighted by Gasteiger charge is 2.01. The molecule has 3 nitrogen and oxygen atoms in total. The van der Waals surface area contributed by atoms with E-state index >= 15 is 0 Å². The monoisotopic (exact) mass is 240 g/mol. The van der Waals surface area contributed by atoms with Crippen molar-refractivity contribution in [2.75, 3.05) is 19.0 Å². The minimum absolute atomic E-state index is 0.332. The summed E-state index contributed by atoms with van der Waals surface area (Å²) >= 11 is 1.72. The number of benzene rings is 1. The van der Waals surface area contributed by atoms with Gasteiger partial charge in [0.05, 0.1) is 5.56 Å². The molecule has 0 amide bonds. The van der Waals surface area contributed by atoms with Crippen molar-refractivity contribution in [2.24, 2.45) is 0 Å². The number of hydrogen-bond donors (Lipinski definition) is 1. The van der Waals surface area contributed by atoms with Gasteiger partial charge in [-0.25, -0.2) is 4.79 Å². The van der Waals surface area contributed by atoms with Crippen LogP contribution < -0.4 is 0 Å². The third-order valence-electron chi connectivity index (χ3n) is 2.01. The van der Waals surface area contributed by atoms with Gasteiger partial charge in [0.15, 0.2) is 0 Å². The first-order valence-corrected chi connectivity index (χ1v) is 6.26. The van der Waals surface area contributed by atoms with Crippen LogP contribution in [-0.2, 0) is 4.74 Å². The first kappa shape index (κ1) is 13.1. The van der Waals surface area contributed by atoms with E-state index < -0.39 is 5.97 Å². The summed E-state index contributed by atoms with van der Waals surface area (Å²) in [5.74, 6) is 0.111. The summed E-state index contributed by atoms with van der Waals surface area (Å²) in [6.07, 6.45) is 1.01. The van der Waals surface area contributed by atoms with Crippen molar-refractivity contribution in [2.45, 2.75) is 18.2 Å². The molecule has 1 aromatic carbocycles. The lowest BCUT2D eigenvalue weighted by molar-refractivity contribution is 0.0697. The zero-order valence-corrected chi connectivity index (χ0v) is 10.1. The maximum absolute atomic E-state index is 10.6. The van der Waals surface area contributed by atoms with E-state index in [0.717, 1.165) is 30.3 Å². The van der Waals surface area contributed by atoms with E-state index in [-0.39, 0.29) is 0 Å². The molecule has 88 valence electrons. The summed E-state index contributed by atoms with van der Waals surface area (Å²) in [4.78, 5) is 11.7. The molecular weight excluding hydrogens is 224 g/mol. The molecule has 0 saturated carbocycles. The Morgan fingerprint density at radius 2 is 2.06 bits per heavy atom. The molecule has 0 fully saturated rings. The minimum Gasteiger partial charge on any atom is -0.478 e. The summed E-state index contributed by atoms with van der Waals surface area (Å²) in [6.45, 7) is 3.53. The molecule has 0 heterocycles. The number of carboxylic acids is 1. The number of aromatic carboxylic acids is 1. The van der Waals surface area contributed by atoms with Crippen LogP contribution >= 0.6 is 11.8 Å². The molecule has 4 heteroatoms. The lowest BCUT2D eigenvalue weighted by atomic mass is 10.2. The molecule has 0 unspecified atom stereocenters. The number of carbonyl (C=O) groups is 1. The Bertz CT molecular complexity index is 322. The van der Waals surface area contributed by atoms with E-state index in [2.05, 4.69) is 0 Å². The van der Waals surface area contributed by atoms with Crippen LogP contribution in [0.25, 0.3) is 0 Å². The van der Waals surface area contributed by atoms with Gasteiger partial charge in [-0.05, 0) is 37.6 Å². The molecule has 0 atom stereocenters. The zero-order chi connectivity index (χ0) is 11.8. The molecule has 1 aromatic rings. The van der Waals surface area contributed by atoms with Gasteiger partial charge in [0.1, 0.15) is 0 Å². The van der Waals surface area contributed by atoms with Gasteiger partial charge in [-0.15, -0.1) is 11.8 Å². The average molecular weight is 240 g/mol. The molecule has 0 saturated heterocycles. The van der Waals surface area contributed by atoms with E-state index in [4.69, 9.17) is 9.84 Å². The Labute approximate surface area is 99.8 Å². The number of ether oxygens (including phenoxy) is 1. The summed E-state index contributed by atoms with van der Waals surface area (Å²) in [6, 6.07) is 6.95. The predicted molar refractivity (Wildman–Crippen MR) is 65.2 cm³/mol. The quantitative estimate of drug-likeness (QED) is 0.588. The van der Waals surface area contributed by atoms with E-state index in [0.29, 0.717) is 5.56 Å². The zero-order valence-electron chi connectivity index (χ0n) is 9.31. The minimum atomic E-state index is -0.882. The van der Waals surface area contributed by atoms with Crippen molar-refractivity contribution >= 4 is 17.7 Å². The largest absolute Gasteiger partial charge is 0.478 e. The van der Waals surface area contributed by atoms with Crippen LogP contribution in [0.15, 0.2) is 29.2 Å². The maximum Gasteiger partial charge on any atom is 0.335 e. The second kappa shape index (κ2) is 7.30. The van der Waals surface area contributed by atoms with Crippen molar-refractivity contribution in [1.29, 1.82) is 0 Å². The fourth-order valence-electron chi connectivity index (χ4n) is 1.19. The van der Waals surface area contributed by atoms with E-state index in [1.165, 1.54) is 0 Å². The second-order valence-electron chi connectivity index (χ2n) is 3.23. The van der Waals surface area contributed by atoms with Crippen molar-refractivity contribution in [1.82, 2.24) is 0 Å². The van der Waals surface area contributed by atoms with Gasteiger partial charge < -0.3 is 9.84 Å². The van der Waals surface area contributed by atoms with Crippen molar-refractivity contribution in [3.05, 3.63) is 29.8 Å². The fourth-order valence-corrected chi connectivity index (χ4v) is 2.02. The number of carboxylic acid groups (broad SMARTS) is 1. The smallest absolute Gasteiger partial charge is 0.335 e. The summed E-state index contributed by atoms with van der Waals surface area (Å²) in [5, 5.41) is 8.73. The number of thioether (sulfide) groups is 1. The van der Waals surface area contributed by atoms with Gasteiger partial charge in [-0.3, -0.25) is 0 Å². The molecule has 0 aliphatic heterocycles. The van der Waals surface area contributed by atoms with Gasteiger partial charge >= 0.3 is 5.97 Å². The van der Waals surface area contributed by atoms with E-state index in [1.54, 1.807) is 23.9 Å². The van der Waals surface area contributed by atoms with Crippen LogP contribution in [0.4, 0.5) is 0 Å².